The molecule has 0 unspecified atom stereocenters. The first-order chi connectivity index (χ1) is 24.2. The summed E-state index contributed by atoms with van der Waals surface area (Å²) < 4.78 is 37.7. The van der Waals surface area contributed by atoms with E-state index >= 15 is 0 Å². The first kappa shape index (κ1) is 39.1. The van der Waals surface area contributed by atoms with Crippen LogP contribution in [0.4, 0.5) is 0 Å². The second-order valence-electron chi connectivity index (χ2n) is 14.2. The molecule has 0 aromatic heterocycles. The van der Waals surface area contributed by atoms with Gasteiger partial charge in [-0.1, -0.05) is 48.5 Å². The predicted octanol–water partition coefficient (Wildman–Crippen LogP) is 8.27. The molecule has 6 nitrogen and oxygen atoms in total. The third-order valence-electron chi connectivity index (χ3n) is 10.3. The van der Waals surface area contributed by atoms with E-state index in [4.69, 9.17) is 28.4 Å². The maximum atomic E-state index is 6.93. The molecular formula is C43H56O6P2. The van der Waals surface area contributed by atoms with Crippen LogP contribution >= 0.6 is 15.8 Å². The zero-order valence-electron chi connectivity index (χ0n) is 33.0. The molecule has 0 aliphatic carbocycles. The van der Waals surface area contributed by atoms with E-state index in [9.17, 15) is 0 Å². The van der Waals surface area contributed by atoms with Crippen LogP contribution in [0, 0.1) is 55.4 Å². The molecule has 0 radical (unpaired) electrons. The lowest BCUT2D eigenvalue weighted by molar-refractivity contribution is -0.142. The van der Waals surface area contributed by atoms with Crippen LogP contribution in [-0.2, 0) is 9.47 Å². The Hall–Kier alpha value is -3.14. The summed E-state index contributed by atoms with van der Waals surface area (Å²) in [5.41, 5.74) is 9.20. The van der Waals surface area contributed by atoms with E-state index in [0.717, 1.165) is 57.6 Å². The third-order valence-corrected chi connectivity index (χ3v) is 16.0. The van der Waals surface area contributed by atoms with Crippen LogP contribution in [0.3, 0.4) is 0 Å². The zero-order chi connectivity index (χ0) is 37.4. The number of ether oxygens (including phenoxy) is 6. The van der Waals surface area contributed by atoms with Crippen molar-refractivity contribution in [1.29, 1.82) is 0 Å². The second-order valence-corrected chi connectivity index (χ2v) is 18.5. The Balaban J connectivity index is 1.66. The molecule has 51 heavy (non-hydrogen) atoms. The third kappa shape index (κ3) is 7.67. The Morgan fingerprint density at radius 3 is 0.902 bits per heavy atom. The quantitative estimate of drug-likeness (QED) is 0.137. The lowest BCUT2D eigenvalue weighted by atomic mass is 10.1. The van der Waals surface area contributed by atoms with Crippen molar-refractivity contribution in [1.82, 2.24) is 0 Å². The fraction of sp³-hybridized carbons (Fsp3) is 0.442. The first-order valence-corrected chi connectivity index (χ1v) is 20.7. The fourth-order valence-corrected chi connectivity index (χ4v) is 13.6. The molecular weight excluding hydrogens is 674 g/mol. The minimum absolute atomic E-state index is 0.158. The van der Waals surface area contributed by atoms with Gasteiger partial charge in [0.2, 0.25) is 0 Å². The van der Waals surface area contributed by atoms with E-state index in [2.05, 4.69) is 104 Å². The average molecular weight is 731 g/mol. The van der Waals surface area contributed by atoms with Crippen molar-refractivity contribution in [2.45, 2.75) is 87.2 Å². The number of rotatable bonds is 12. The van der Waals surface area contributed by atoms with Crippen LogP contribution in [0.25, 0.3) is 0 Å². The van der Waals surface area contributed by atoms with Crippen LogP contribution in [-0.4, -0.2) is 58.8 Å². The molecule has 1 aliphatic heterocycles. The first-order valence-electron chi connectivity index (χ1n) is 17.6. The highest BCUT2D eigenvalue weighted by atomic mass is 31.1. The summed E-state index contributed by atoms with van der Waals surface area (Å²) in [6.07, 6.45) is 1.27. The summed E-state index contributed by atoms with van der Waals surface area (Å²) in [5, 5.41) is 5.14. The smallest absolute Gasteiger partial charge is 0.163 e. The van der Waals surface area contributed by atoms with Crippen molar-refractivity contribution in [2.75, 3.05) is 40.8 Å². The summed E-state index contributed by atoms with van der Waals surface area (Å²) in [6.45, 7) is 21.3. The highest BCUT2D eigenvalue weighted by Crippen LogP contribution is 2.48. The largest absolute Gasteiger partial charge is 0.496 e. The van der Waals surface area contributed by atoms with Gasteiger partial charge >= 0.3 is 0 Å². The Labute approximate surface area is 308 Å². The second kappa shape index (κ2) is 15.8. The zero-order valence-corrected chi connectivity index (χ0v) is 34.8. The van der Waals surface area contributed by atoms with Crippen LogP contribution in [0.2, 0.25) is 0 Å². The van der Waals surface area contributed by atoms with E-state index in [-0.39, 0.29) is 12.2 Å². The van der Waals surface area contributed by atoms with Gasteiger partial charge < -0.3 is 28.4 Å². The van der Waals surface area contributed by atoms with E-state index < -0.39 is 21.6 Å². The molecule has 1 fully saturated rings. The van der Waals surface area contributed by atoms with Gasteiger partial charge in [-0.05, 0) is 151 Å². The molecule has 1 saturated heterocycles. The molecule has 8 heteroatoms. The van der Waals surface area contributed by atoms with Gasteiger partial charge in [-0.15, -0.1) is 0 Å². The Morgan fingerprint density at radius 2 is 0.686 bits per heavy atom. The van der Waals surface area contributed by atoms with Gasteiger partial charge in [-0.25, -0.2) is 0 Å². The number of hydrogen-bond donors (Lipinski definition) is 0. The van der Waals surface area contributed by atoms with Gasteiger partial charge in [-0.2, -0.15) is 0 Å². The van der Waals surface area contributed by atoms with Gasteiger partial charge in [0.1, 0.15) is 23.0 Å². The molecule has 0 amide bonds. The molecule has 0 bridgehead atoms. The average Bonchev–Trinajstić information content (AvgIpc) is 3.36. The Morgan fingerprint density at radius 1 is 0.451 bits per heavy atom. The predicted molar refractivity (Wildman–Crippen MR) is 216 cm³/mol. The van der Waals surface area contributed by atoms with Gasteiger partial charge in [0.15, 0.2) is 5.79 Å². The van der Waals surface area contributed by atoms with Crippen LogP contribution in [0.5, 0.6) is 23.0 Å². The van der Waals surface area contributed by atoms with Crippen molar-refractivity contribution in [3.63, 3.8) is 0 Å². The molecule has 4 aromatic carbocycles. The van der Waals surface area contributed by atoms with Gasteiger partial charge in [0, 0.05) is 12.3 Å². The van der Waals surface area contributed by atoms with E-state index in [1.165, 1.54) is 43.5 Å². The van der Waals surface area contributed by atoms with Crippen molar-refractivity contribution in [3.05, 3.63) is 93.0 Å². The normalized spacial score (nSPS) is 16.9. The summed E-state index contributed by atoms with van der Waals surface area (Å²) in [6, 6.07) is 17.9. The maximum Gasteiger partial charge on any atom is 0.163 e. The summed E-state index contributed by atoms with van der Waals surface area (Å²) in [7, 11) is 5.24. The standard InChI is InChI=1S/C43H56O6P2/c1-25-15-19-35(29(5)39(25)44-11)50(36-20-16-26(2)40(45-12)30(36)6)23-33-34(49-43(9,10)48-33)24-51(37-21-17-27(3)41(46-13)31(37)7)38-22-18-28(4)42(47-14)32(38)8/h15-22,33-34H,23-24H2,1-14H3/t33-,34-/m1/s1. The summed E-state index contributed by atoms with van der Waals surface area (Å²) in [5.74, 6) is 3.01. The summed E-state index contributed by atoms with van der Waals surface area (Å²) >= 11 is 0. The lowest BCUT2D eigenvalue weighted by Gasteiger charge is -2.31. The lowest BCUT2D eigenvalue weighted by Crippen LogP contribution is -2.35. The van der Waals surface area contributed by atoms with Crippen LogP contribution in [0.1, 0.15) is 58.4 Å². The minimum atomic E-state index is -0.908. The molecule has 274 valence electrons. The van der Waals surface area contributed by atoms with Crippen molar-refractivity contribution >= 4 is 37.1 Å². The van der Waals surface area contributed by atoms with Gasteiger partial charge in [0.25, 0.3) is 0 Å². The number of aryl methyl sites for hydroxylation is 4. The van der Waals surface area contributed by atoms with Crippen molar-refractivity contribution in [3.8, 4) is 23.0 Å². The molecule has 0 saturated carbocycles. The fourth-order valence-electron chi connectivity index (χ4n) is 7.92. The van der Waals surface area contributed by atoms with E-state index in [0.29, 0.717) is 0 Å². The molecule has 0 spiro atoms. The SMILES string of the molecule is COc1c(C)ccc(P(C[C@H]2OC(C)(C)O[C@@H]2CP(c2ccc(C)c(OC)c2C)c2ccc(C)c(OC)c2C)c2ccc(C)c(OC)c2C)c1C. The minimum Gasteiger partial charge on any atom is -0.496 e. The number of hydrogen-bond acceptors (Lipinski definition) is 6. The van der Waals surface area contributed by atoms with E-state index in [1.807, 2.05) is 13.8 Å². The molecule has 2 atom stereocenters. The molecule has 0 N–H and O–H groups in total. The topological polar surface area (TPSA) is 55.4 Å². The van der Waals surface area contributed by atoms with Gasteiger partial charge in [0.05, 0.1) is 40.6 Å². The molecule has 1 aliphatic rings. The highest BCUT2D eigenvalue weighted by Gasteiger charge is 2.44. The van der Waals surface area contributed by atoms with Crippen molar-refractivity contribution in [2.24, 2.45) is 0 Å². The van der Waals surface area contributed by atoms with Crippen LogP contribution in [0.15, 0.2) is 48.5 Å². The van der Waals surface area contributed by atoms with E-state index in [1.54, 1.807) is 28.4 Å². The molecule has 5 rings (SSSR count). The molecule has 4 aromatic rings. The Bertz CT molecular complexity index is 1650. The molecule has 1 heterocycles. The number of benzene rings is 4. The van der Waals surface area contributed by atoms with Crippen molar-refractivity contribution < 1.29 is 28.4 Å². The highest BCUT2D eigenvalue weighted by molar-refractivity contribution is 7.73. The maximum absolute atomic E-state index is 6.93. The number of methoxy groups -OCH3 is 4. The summed E-state index contributed by atoms with van der Waals surface area (Å²) in [4.78, 5) is 0. The van der Waals surface area contributed by atoms with Crippen LogP contribution < -0.4 is 40.2 Å². The Kier molecular flexibility index (Phi) is 12.1. The monoisotopic (exact) mass is 730 g/mol. The van der Waals surface area contributed by atoms with Gasteiger partial charge in [-0.3, -0.25) is 0 Å².